The number of hydrogen-bond acceptors (Lipinski definition) is 2. The highest BCUT2D eigenvalue weighted by Crippen LogP contribution is 2.33. The van der Waals surface area contributed by atoms with Crippen LogP contribution in [-0.4, -0.2) is 15.7 Å². The normalized spacial score (nSPS) is 17.9. The van der Waals surface area contributed by atoms with Gasteiger partial charge >= 0.3 is 0 Å². The highest BCUT2D eigenvalue weighted by atomic mass is 16.1. The third kappa shape index (κ3) is 2.03. The van der Waals surface area contributed by atoms with Gasteiger partial charge in [-0.25, -0.2) is 0 Å². The monoisotopic (exact) mass is 207 g/mol. The van der Waals surface area contributed by atoms with Crippen LogP contribution in [-0.2, 0) is 7.05 Å². The minimum Gasteiger partial charge on any atom is -0.365 e. The number of rotatable bonds is 2. The fourth-order valence-electron chi connectivity index (χ4n) is 2.37. The lowest BCUT2D eigenvalue weighted by Crippen LogP contribution is -2.15. The number of carbonyl (C=O) groups excluding carboxylic acids is 1. The van der Waals surface area contributed by atoms with Crippen molar-refractivity contribution in [1.82, 2.24) is 9.78 Å². The van der Waals surface area contributed by atoms with E-state index < -0.39 is 0 Å². The Kier molecular flexibility index (Phi) is 2.75. The average molecular weight is 207 g/mol. The summed E-state index contributed by atoms with van der Waals surface area (Å²) in [6.45, 7) is 0. The second-order valence-corrected chi connectivity index (χ2v) is 4.30. The molecule has 0 bridgehead atoms. The fourth-order valence-corrected chi connectivity index (χ4v) is 2.37. The number of aromatic nitrogens is 2. The van der Waals surface area contributed by atoms with Crippen LogP contribution in [0.25, 0.3) is 0 Å². The van der Waals surface area contributed by atoms with E-state index in [1.807, 2.05) is 7.05 Å². The largest absolute Gasteiger partial charge is 0.365 e. The zero-order chi connectivity index (χ0) is 10.8. The molecule has 0 aromatic carbocycles. The molecule has 2 N–H and O–H groups in total. The molecule has 1 aromatic rings. The first-order chi connectivity index (χ1) is 7.18. The molecule has 1 amide bonds. The van der Waals surface area contributed by atoms with Crippen molar-refractivity contribution in [2.24, 2.45) is 12.8 Å². The van der Waals surface area contributed by atoms with Gasteiger partial charge in [0.1, 0.15) is 0 Å². The lowest BCUT2D eigenvalue weighted by atomic mass is 9.85. The van der Waals surface area contributed by atoms with Crippen LogP contribution in [0.4, 0.5) is 0 Å². The summed E-state index contributed by atoms with van der Waals surface area (Å²) < 4.78 is 1.68. The summed E-state index contributed by atoms with van der Waals surface area (Å²) in [6, 6.07) is 0. The van der Waals surface area contributed by atoms with Gasteiger partial charge in [-0.1, -0.05) is 19.3 Å². The molecule has 0 radical (unpaired) electrons. The number of nitrogens with two attached hydrogens (primary N) is 1. The van der Waals surface area contributed by atoms with E-state index in [9.17, 15) is 4.79 Å². The van der Waals surface area contributed by atoms with Crippen LogP contribution in [0.15, 0.2) is 6.20 Å². The predicted octanol–water partition coefficient (Wildman–Crippen LogP) is 1.57. The maximum atomic E-state index is 11.2. The van der Waals surface area contributed by atoms with Crippen LogP contribution in [0.1, 0.15) is 54.1 Å². The summed E-state index contributed by atoms with van der Waals surface area (Å²) in [6.07, 6.45) is 7.77. The average Bonchev–Trinajstić information content (AvgIpc) is 2.62. The summed E-state index contributed by atoms with van der Waals surface area (Å²) in [7, 11) is 1.83. The molecule has 0 saturated heterocycles. The number of aryl methyl sites for hydroxylation is 1. The Hall–Kier alpha value is -1.32. The zero-order valence-corrected chi connectivity index (χ0v) is 9.07. The highest BCUT2D eigenvalue weighted by molar-refractivity contribution is 5.93. The summed E-state index contributed by atoms with van der Waals surface area (Å²) in [4.78, 5) is 11.2. The van der Waals surface area contributed by atoms with E-state index in [1.165, 1.54) is 19.3 Å². The predicted molar refractivity (Wildman–Crippen MR) is 57.6 cm³/mol. The SMILES string of the molecule is Cn1cc(C(N)=O)c(C2CCCCC2)n1. The van der Waals surface area contributed by atoms with Gasteiger partial charge in [0.25, 0.3) is 5.91 Å². The highest BCUT2D eigenvalue weighted by Gasteiger charge is 2.23. The van der Waals surface area contributed by atoms with E-state index in [-0.39, 0.29) is 5.91 Å². The van der Waals surface area contributed by atoms with Crippen LogP contribution < -0.4 is 5.73 Å². The number of nitrogens with zero attached hydrogens (tertiary/aromatic N) is 2. The second-order valence-electron chi connectivity index (χ2n) is 4.30. The van der Waals surface area contributed by atoms with Gasteiger partial charge in [0, 0.05) is 19.2 Å². The number of hydrogen-bond donors (Lipinski definition) is 1. The van der Waals surface area contributed by atoms with Crippen LogP contribution in [0.3, 0.4) is 0 Å². The van der Waals surface area contributed by atoms with Crippen molar-refractivity contribution < 1.29 is 4.79 Å². The van der Waals surface area contributed by atoms with E-state index in [1.54, 1.807) is 10.9 Å². The van der Waals surface area contributed by atoms with Crippen molar-refractivity contribution in [2.75, 3.05) is 0 Å². The van der Waals surface area contributed by atoms with Crippen molar-refractivity contribution in [1.29, 1.82) is 0 Å². The number of amides is 1. The molecule has 15 heavy (non-hydrogen) atoms. The fraction of sp³-hybridized carbons (Fsp3) is 0.636. The molecule has 82 valence electrons. The summed E-state index contributed by atoms with van der Waals surface area (Å²) in [5.74, 6) is 0.0751. The van der Waals surface area contributed by atoms with Crippen molar-refractivity contribution in [3.8, 4) is 0 Å². The lowest BCUT2D eigenvalue weighted by molar-refractivity contribution is 0.0998. The van der Waals surface area contributed by atoms with Gasteiger partial charge in [0.2, 0.25) is 0 Å². The van der Waals surface area contributed by atoms with Gasteiger partial charge in [0.15, 0.2) is 0 Å². The van der Waals surface area contributed by atoms with Crippen LogP contribution in [0, 0.1) is 0 Å². The van der Waals surface area contributed by atoms with E-state index in [0.29, 0.717) is 11.5 Å². The summed E-state index contributed by atoms with van der Waals surface area (Å²) in [5.41, 5.74) is 6.85. The van der Waals surface area contributed by atoms with Gasteiger partial charge in [-0.15, -0.1) is 0 Å². The summed E-state index contributed by atoms with van der Waals surface area (Å²) in [5, 5.41) is 4.37. The Labute approximate surface area is 89.5 Å². The van der Waals surface area contributed by atoms with Gasteiger partial charge in [-0.05, 0) is 12.8 Å². The van der Waals surface area contributed by atoms with Crippen molar-refractivity contribution in [3.63, 3.8) is 0 Å². The van der Waals surface area contributed by atoms with Gasteiger partial charge < -0.3 is 5.73 Å². The van der Waals surface area contributed by atoms with Gasteiger partial charge in [0.05, 0.1) is 11.3 Å². The van der Waals surface area contributed by atoms with Gasteiger partial charge in [-0.2, -0.15) is 5.10 Å². The first kappa shape index (κ1) is 10.2. The standard InChI is InChI=1S/C11H17N3O/c1-14-7-9(11(12)15)10(13-14)8-5-3-2-4-6-8/h7-8H,2-6H2,1H3,(H2,12,15). The van der Waals surface area contributed by atoms with Crippen molar-refractivity contribution in [3.05, 3.63) is 17.5 Å². The Morgan fingerprint density at radius 1 is 1.47 bits per heavy atom. The first-order valence-corrected chi connectivity index (χ1v) is 5.52. The Morgan fingerprint density at radius 2 is 2.13 bits per heavy atom. The molecule has 2 rings (SSSR count). The Bertz CT molecular complexity index is 364. The van der Waals surface area contributed by atoms with Crippen LogP contribution in [0.2, 0.25) is 0 Å². The molecule has 4 heteroatoms. The van der Waals surface area contributed by atoms with Crippen LogP contribution in [0.5, 0.6) is 0 Å². The molecule has 1 aromatic heterocycles. The molecule has 4 nitrogen and oxygen atoms in total. The molecule has 1 aliphatic rings. The van der Waals surface area contributed by atoms with E-state index in [0.717, 1.165) is 18.5 Å². The second kappa shape index (κ2) is 4.04. The smallest absolute Gasteiger partial charge is 0.252 e. The molecule has 0 atom stereocenters. The molecular weight excluding hydrogens is 190 g/mol. The lowest BCUT2D eigenvalue weighted by Gasteiger charge is -2.20. The van der Waals surface area contributed by atoms with E-state index in [4.69, 9.17) is 5.73 Å². The quantitative estimate of drug-likeness (QED) is 0.800. The first-order valence-electron chi connectivity index (χ1n) is 5.52. The maximum Gasteiger partial charge on any atom is 0.252 e. The molecule has 0 aliphatic heterocycles. The minimum atomic E-state index is -0.358. The van der Waals surface area contributed by atoms with E-state index >= 15 is 0 Å². The zero-order valence-electron chi connectivity index (χ0n) is 9.07. The molecule has 1 aliphatic carbocycles. The molecule has 1 saturated carbocycles. The molecule has 0 spiro atoms. The minimum absolute atomic E-state index is 0.358. The van der Waals surface area contributed by atoms with E-state index in [2.05, 4.69) is 5.10 Å². The Balaban J connectivity index is 2.28. The third-order valence-corrected chi connectivity index (χ3v) is 3.11. The summed E-state index contributed by atoms with van der Waals surface area (Å²) >= 11 is 0. The number of primary amides is 1. The third-order valence-electron chi connectivity index (χ3n) is 3.11. The van der Waals surface area contributed by atoms with Crippen molar-refractivity contribution >= 4 is 5.91 Å². The van der Waals surface area contributed by atoms with Gasteiger partial charge in [-0.3, -0.25) is 9.48 Å². The molecule has 1 fully saturated rings. The molecule has 0 unspecified atom stereocenters. The molecule has 1 heterocycles. The van der Waals surface area contributed by atoms with Crippen molar-refractivity contribution in [2.45, 2.75) is 38.0 Å². The maximum absolute atomic E-state index is 11.2. The van der Waals surface area contributed by atoms with Crippen LogP contribution >= 0.6 is 0 Å². The number of carbonyl (C=O) groups is 1. The topological polar surface area (TPSA) is 60.9 Å². The Morgan fingerprint density at radius 3 is 2.73 bits per heavy atom. The molecular formula is C11H17N3O.